The van der Waals surface area contributed by atoms with Crippen LogP contribution in [-0.4, -0.2) is 10.2 Å². The first kappa shape index (κ1) is 21.4. The summed E-state index contributed by atoms with van der Waals surface area (Å²) in [5.41, 5.74) is 15.2. The number of phenols is 1. The fraction of sp³-hybridized carbons (Fsp3) is 0.0400. The number of rotatable bonds is 8. The number of aromatic hydroxyl groups is 1. The molecule has 0 aliphatic rings. The summed E-state index contributed by atoms with van der Waals surface area (Å²) < 4.78 is 0. The van der Waals surface area contributed by atoms with Crippen molar-refractivity contribution in [3.05, 3.63) is 127 Å². The van der Waals surface area contributed by atoms with Gasteiger partial charge in [0.2, 0.25) is 0 Å². The zero-order valence-electron chi connectivity index (χ0n) is 16.3. The Morgan fingerprint density at radius 3 is 2.34 bits per heavy atom. The number of benzene rings is 2. The average molecular weight is 386 g/mol. The Morgan fingerprint density at radius 1 is 1.03 bits per heavy atom. The van der Waals surface area contributed by atoms with Crippen molar-refractivity contribution < 1.29 is 10.2 Å². The van der Waals surface area contributed by atoms with Crippen molar-refractivity contribution in [1.82, 2.24) is 0 Å². The van der Waals surface area contributed by atoms with Crippen LogP contribution in [0.3, 0.4) is 0 Å². The molecule has 148 valence electrons. The molecule has 1 unspecified atom stereocenters. The second kappa shape index (κ2) is 9.85. The third-order valence-corrected chi connectivity index (χ3v) is 4.32. The Labute approximate surface area is 171 Å². The van der Waals surface area contributed by atoms with Crippen molar-refractivity contribution in [1.29, 1.82) is 0 Å². The molecule has 0 saturated carbocycles. The first-order valence-electron chi connectivity index (χ1n) is 9.01. The molecule has 29 heavy (non-hydrogen) atoms. The van der Waals surface area contributed by atoms with Gasteiger partial charge in [0, 0.05) is 35.0 Å². The molecule has 0 radical (unpaired) electrons. The van der Waals surface area contributed by atoms with Gasteiger partial charge in [0.15, 0.2) is 0 Å². The van der Waals surface area contributed by atoms with Crippen LogP contribution in [0.2, 0.25) is 0 Å². The van der Waals surface area contributed by atoms with Gasteiger partial charge in [0.25, 0.3) is 0 Å². The highest BCUT2D eigenvalue weighted by molar-refractivity contribution is 5.72. The number of hydrogen-bond donors (Lipinski definition) is 4. The van der Waals surface area contributed by atoms with Crippen molar-refractivity contribution in [2.45, 2.75) is 5.92 Å². The number of hydrogen-bond acceptors (Lipinski definition) is 4. The van der Waals surface area contributed by atoms with Gasteiger partial charge in [-0.25, -0.2) is 0 Å². The molecule has 0 amide bonds. The molecule has 4 heteroatoms. The monoisotopic (exact) mass is 386 g/mol. The van der Waals surface area contributed by atoms with Crippen molar-refractivity contribution in [2.75, 3.05) is 5.73 Å². The summed E-state index contributed by atoms with van der Waals surface area (Å²) in [5, 5.41) is 20.7. The molecule has 0 fully saturated rings. The van der Waals surface area contributed by atoms with E-state index in [-0.39, 0.29) is 11.5 Å². The molecule has 0 aromatic heterocycles. The Morgan fingerprint density at radius 2 is 1.72 bits per heavy atom. The van der Waals surface area contributed by atoms with Crippen LogP contribution >= 0.6 is 0 Å². The smallest absolute Gasteiger partial charge is 0.121 e. The van der Waals surface area contributed by atoms with Crippen LogP contribution in [0.25, 0.3) is 5.57 Å². The summed E-state index contributed by atoms with van der Waals surface area (Å²) in [7, 11) is 0. The normalized spacial score (nSPS) is 13.2. The lowest BCUT2D eigenvalue weighted by atomic mass is 9.89. The van der Waals surface area contributed by atoms with E-state index in [1.807, 2.05) is 36.4 Å². The summed E-state index contributed by atoms with van der Waals surface area (Å²) in [4.78, 5) is 0. The molecular weight excluding hydrogens is 360 g/mol. The fourth-order valence-corrected chi connectivity index (χ4v) is 2.73. The number of nitrogen functional groups attached to an aromatic ring is 1. The molecule has 0 saturated heterocycles. The summed E-state index contributed by atoms with van der Waals surface area (Å²) in [6.45, 7) is 11.8. The predicted octanol–water partition coefficient (Wildman–Crippen LogP) is 5.35. The first-order valence-corrected chi connectivity index (χ1v) is 9.01. The van der Waals surface area contributed by atoms with E-state index in [1.54, 1.807) is 24.3 Å². The lowest BCUT2D eigenvalue weighted by molar-refractivity contribution is 0.427. The van der Waals surface area contributed by atoms with Gasteiger partial charge in [-0.15, -0.1) is 0 Å². The lowest BCUT2D eigenvalue weighted by Gasteiger charge is -2.17. The summed E-state index contributed by atoms with van der Waals surface area (Å²) in [6, 6.07) is 14.6. The third-order valence-electron chi connectivity index (χ3n) is 4.32. The molecule has 2 aromatic rings. The van der Waals surface area contributed by atoms with E-state index in [2.05, 4.69) is 19.7 Å². The number of nitrogens with two attached hydrogens (primary N) is 2. The third kappa shape index (κ3) is 6.04. The van der Waals surface area contributed by atoms with Gasteiger partial charge in [-0.3, -0.25) is 0 Å². The first-order chi connectivity index (χ1) is 13.8. The number of phenolic OH excluding ortho intramolecular Hbond substituents is 1. The maximum Gasteiger partial charge on any atom is 0.121 e. The molecule has 2 rings (SSSR count). The van der Waals surface area contributed by atoms with Crippen molar-refractivity contribution >= 4 is 11.3 Å². The van der Waals surface area contributed by atoms with Gasteiger partial charge < -0.3 is 21.7 Å². The molecule has 0 heterocycles. The minimum atomic E-state index is -0.510. The quantitative estimate of drug-likeness (QED) is 0.279. The van der Waals surface area contributed by atoms with Crippen LogP contribution in [0.4, 0.5) is 5.69 Å². The highest BCUT2D eigenvalue weighted by atomic mass is 16.3. The molecule has 0 bridgehead atoms. The number of anilines is 1. The zero-order valence-corrected chi connectivity index (χ0v) is 16.3. The van der Waals surface area contributed by atoms with Crippen molar-refractivity contribution in [2.24, 2.45) is 5.73 Å². The standard InChI is InChI=1S/C25H26N2O2/c1-4-20(26)14-22(28)16-24(23-13-12-21(27)15-25(23)29)18(3)11-10-17(2)19-8-6-5-7-9-19/h4-16,24,28-29H,1-3,26-27H2/b11-10-,20-14+,22-16-. The van der Waals surface area contributed by atoms with Gasteiger partial charge in [0.1, 0.15) is 11.5 Å². The van der Waals surface area contributed by atoms with Crippen LogP contribution in [0.1, 0.15) is 17.0 Å². The van der Waals surface area contributed by atoms with E-state index < -0.39 is 5.92 Å². The van der Waals surface area contributed by atoms with Crippen LogP contribution in [-0.2, 0) is 0 Å². The Balaban J connectivity index is 2.39. The Bertz CT molecular complexity index is 999. The van der Waals surface area contributed by atoms with E-state index >= 15 is 0 Å². The second-order valence-corrected chi connectivity index (χ2v) is 6.54. The Hall–Kier alpha value is -3.92. The molecule has 0 spiro atoms. The molecule has 1 atom stereocenters. The van der Waals surface area contributed by atoms with E-state index in [9.17, 15) is 10.2 Å². The van der Waals surface area contributed by atoms with Crippen molar-refractivity contribution in [3.63, 3.8) is 0 Å². The number of allylic oxidation sites excluding steroid dienone is 7. The van der Waals surface area contributed by atoms with Gasteiger partial charge in [-0.2, -0.15) is 0 Å². The van der Waals surface area contributed by atoms with Gasteiger partial charge >= 0.3 is 0 Å². The lowest BCUT2D eigenvalue weighted by Crippen LogP contribution is -2.01. The highest BCUT2D eigenvalue weighted by Gasteiger charge is 2.16. The maximum atomic E-state index is 10.4. The largest absolute Gasteiger partial charge is 0.508 e. The van der Waals surface area contributed by atoms with Crippen LogP contribution < -0.4 is 11.5 Å². The van der Waals surface area contributed by atoms with E-state index in [1.165, 1.54) is 18.2 Å². The number of aliphatic hydroxyl groups excluding tert-OH is 1. The summed E-state index contributed by atoms with van der Waals surface area (Å²) in [6.07, 6.45) is 8.02. The van der Waals surface area contributed by atoms with Crippen molar-refractivity contribution in [3.8, 4) is 5.75 Å². The minimum absolute atomic E-state index is 0.0103. The molecule has 0 aliphatic carbocycles. The zero-order chi connectivity index (χ0) is 21.4. The molecular formula is C25H26N2O2. The van der Waals surface area contributed by atoms with Crippen LogP contribution in [0, 0.1) is 0 Å². The topological polar surface area (TPSA) is 92.5 Å². The van der Waals surface area contributed by atoms with E-state index in [4.69, 9.17) is 11.5 Å². The minimum Gasteiger partial charge on any atom is -0.508 e. The molecule has 2 aromatic carbocycles. The second-order valence-electron chi connectivity index (χ2n) is 6.54. The van der Waals surface area contributed by atoms with E-state index in [0.29, 0.717) is 22.5 Å². The highest BCUT2D eigenvalue weighted by Crippen LogP contribution is 2.34. The van der Waals surface area contributed by atoms with Gasteiger partial charge in [0.05, 0.1) is 0 Å². The van der Waals surface area contributed by atoms with Gasteiger partial charge in [-0.1, -0.05) is 68.3 Å². The average Bonchev–Trinajstić information content (AvgIpc) is 2.71. The maximum absolute atomic E-state index is 10.4. The summed E-state index contributed by atoms with van der Waals surface area (Å²) in [5.74, 6) is -0.569. The van der Waals surface area contributed by atoms with Crippen LogP contribution in [0.15, 0.2) is 116 Å². The van der Waals surface area contributed by atoms with Gasteiger partial charge in [-0.05, 0) is 34.9 Å². The summed E-state index contributed by atoms with van der Waals surface area (Å²) >= 11 is 0. The van der Waals surface area contributed by atoms with Crippen LogP contribution in [0.5, 0.6) is 5.75 Å². The molecule has 6 N–H and O–H groups in total. The molecule has 0 aliphatic heterocycles. The molecule has 4 nitrogen and oxygen atoms in total. The fourth-order valence-electron chi connectivity index (χ4n) is 2.73. The predicted molar refractivity (Wildman–Crippen MR) is 122 cm³/mol. The SMILES string of the molecule is C=C/C(N)=C\C(O)=C\C(C(=C)/C=C\C(=C)c1ccccc1)c1ccc(N)cc1O. The van der Waals surface area contributed by atoms with E-state index in [0.717, 1.165) is 11.1 Å². The Kier molecular flexibility index (Phi) is 7.26. The number of aliphatic hydroxyl groups is 1.